The van der Waals surface area contributed by atoms with Crippen molar-refractivity contribution in [2.45, 2.75) is 25.0 Å². The minimum atomic E-state index is -0.889. The molecule has 4 aromatic carbocycles. The van der Waals surface area contributed by atoms with Crippen molar-refractivity contribution in [1.29, 1.82) is 0 Å². The van der Waals surface area contributed by atoms with Gasteiger partial charge in [0.2, 0.25) is 0 Å². The average Bonchev–Trinajstić information content (AvgIpc) is 3.02. The zero-order valence-electron chi connectivity index (χ0n) is 23.1. The topological polar surface area (TPSA) is 82.9 Å². The molecule has 41 heavy (non-hydrogen) atoms. The van der Waals surface area contributed by atoms with E-state index in [0.29, 0.717) is 17.4 Å². The van der Waals surface area contributed by atoms with Crippen molar-refractivity contribution >= 4 is 38.4 Å². The van der Waals surface area contributed by atoms with Gasteiger partial charge in [-0.05, 0) is 107 Å². The highest BCUT2D eigenvalue weighted by molar-refractivity contribution is 6.01. The van der Waals surface area contributed by atoms with Crippen LogP contribution in [0.25, 0.3) is 32.4 Å². The van der Waals surface area contributed by atoms with Crippen molar-refractivity contribution in [3.8, 4) is 5.75 Å². The standard InChI is InChI=1S/C20H24N2O2.C15H10O2/c1-3-13-12-22-9-7-14(13)10-19(22)20(23)16-6-8-21-18-5-4-15(24-2)11-17(16)18;16-15(17)13-6-5-12-7-10-3-1-2-4-11(10)8-14(12)9-13/h3-6,8,11,13-14,19-20,23H,1,7,9-10,12H2,2H3;1-9H,(H,16,17)/t13-,14-,19-,20+;/m0./s1. The van der Waals surface area contributed by atoms with Crippen molar-refractivity contribution in [3.63, 3.8) is 0 Å². The van der Waals surface area contributed by atoms with Gasteiger partial charge in [0.25, 0.3) is 0 Å². The Morgan fingerprint density at radius 3 is 2.46 bits per heavy atom. The average molecular weight is 547 g/mol. The fraction of sp³-hybridized carbons (Fsp3) is 0.257. The van der Waals surface area contributed by atoms with Crippen molar-refractivity contribution in [2.24, 2.45) is 11.8 Å². The number of aromatic carboxylic acids is 1. The third-order valence-corrected chi connectivity index (χ3v) is 8.77. The van der Waals surface area contributed by atoms with Crippen LogP contribution in [0.4, 0.5) is 0 Å². The molecule has 0 saturated carbocycles. The molecule has 5 atom stereocenters. The smallest absolute Gasteiger partial charge is 0.335 e. The Labute approximate surface area is 239 Å². The molecule has 1 unspecified atom stereocenters. The van der Waals surface area contributed by atoms with Crippen LogP contribution in [-0.2, 0) is 0 Å². The highest BCUT2D eigenvalue weighted by atomic mass is 16.5. The van der Waals surface area contributed by atoms with E-state index in [-0.39, 0.29) is 6.04 Å². The van der Waals surface area contributed by atoms with E-state index in [1.807, 2.05) is 54.6 Å². The van der Waals surface area contributed by atoms with Crippen LogP contribution in [-0.4, -0.2) is 52.3 Å². The van der Waals surface area contributed by atoms with Crippen LogP contribution < -0.4 is 4.74 Å². The number of carboxylic acids is 1. The zero-order chi connectivity index (χ0) is 28.5. The van der Waals surface area contributed by atoms with Gasteiger partial charge in [0.15, 0.2) is 0 Å². The van der Waals surface area contributed by atoms with E-state index in [2.05, 4.69) is 34.7 Å². The SMILES string of the molecule is C=C[C@H]1CN2CC[C@H]1C[C@H]2[C@H](O)c1ccnc2ccc(OC)cc12.O=C(O)c1ccc2cc3ccccc3cc2c1. The van der Waals surface area contributed by atoms with E-state index in [4.69, 9.17) is 9.84 Å². The molecule has 0 radical (unpaired) electrons. The Balaban J connectivity index is 0.000000156. The number of hydrogen-bond donors (Lipinski definition) is 2. The largest absolute Gasteiger partial charge is 0.497 e. The number of carboxylic acid groups (broad SMARTS) is 1. The molecule has 3 fully saturated rings. The first kappa shape index (κ1) is 26.9. The second-order valence-electron chi connectivity index (χ2n) is 11.0. The van der Waals surface area contributed by atoms with Crippen LogP contribution in [0.5, 0.6) is 5.75 Å². The van der Waals surface area contributed by atoms with Gasteiger partial charge in [0, 0.05) is 24.2 Å². The molecule has 208 valence electrons. The molecule has 8 rings (SSSR count). The van der Waals surface area contributed by atoms with Crippen LogP contribution >= 0.6 is 0 Å². The number of ether oxygens (including phenoxy) is 1. The molecule has 3 saturated heterocycles. The molecule has 5 aromatic rings. The fourth-order valence-corrected chi connectivity index (χ4v) is 6.52. The van der Waals surface area contributed by atoms with E-state index >= 15 is 0 Å². The van der Waals surface area contributed by atoms with Crippen molar-refractivity contribution in [3.05, 3.63) is 109 Å². The third-order valence-electron chi connectivity index (χ3n) is 8.77. The maximum atomic E-state index is 11.2. The number of fused-ring (bicyclic) bond motifs is 6. The monoisotopic (exact) mass is 546 g/mol. The maximum Gasteiger partial charge on any atom is 0.335 e. The molecular weight excluding hydrogens is 512 g/mol. The number of carbonyl (C=O) groups is 1. The minimum Gasteiger partial charge on any atom is -0.497 e. The third kappa shape index (κ3) is 5.29. The van der Waals surface area contributed by atoms with Crippen molar-refractivity contribution in [2.75, 3.05) is 20.2 Å². The molecule has 3 aliphatic rings. The van der Waals surface area contributed by atoms with Crippen LogP contribution in [0.2, 0.25) is 0 Å². The predicted molar refractivity (Wildman–Crippen MR) is 163 cm³/mol. The lowest BCUT2D eigenvalue weighted by Crippen LogP contribution is -2.54. The molecule has 0 spiro atoms. The first-order valence-corrected chi connectivity index (χ1v) is 14.1. The summed E-state index contributed by atoms with van der Waals surface area (Å²) in [7, 11) is 1.66. The normalized spacial score (nSPS) is 22.2. The second-order valence-corrected chi connectivity index (χ2v) is 11.0. The lowest BCUT2D eigenvalue weighted by Gasteiger charge is -2.50. The Morgan fingerprint density at radius 1 is 1.02 bits per heavy atom. The van der Waals surface area contributed by atoms with E-state index in [0.717, 1.165) is 57.9 Å². The predicted octanol–water partition coefficient (Wildman–Crippen LogP) is 6.86. The summed E-state index contributed by atoms with van der Waals surface area (Å²) in [5.41, 5.74) is 2.17. The number of hydrogen-bond acceptors (Lipinski definition) is 5. The first-order chi connectivity index (χ1) is 19.9. The summed E-state index contributed by atoms with van der Waals surface area (Å²) < 4.78 is 5.35. The number of aliphatic hydroxyl groups excluding tert-OH is 1. The van der Waals surface area contributed by atoms with Crippen LogP contribution in [0.1, 0.15) is 34.9 Å². The Hall–Kier alpha value is -4.26. The number of methoxy groups -OCH3 is 1. The summed E-state index contributed by atoms with van der Waals surface area (Å²) >= 11 is 0. The van der Waals surface area contributed by atoms with Crippen LogP contribution in [0, 0.1) is 11.8 Å². The summed E-state index contributed by atoms with van der Waals surface area (Å²) in [6.07, 6.45) is 5.62. The number of piperidine rings is 3. The summed E-state index contributed by atoms with van der Waals surface area (Å²) in [6, 6.07) is 25.3. The molecule has 3 aliphatic heterocycles. The van der Waals surface area contributed by atoms with Gasteiger partial charge in [0.05, 0.1) is 24.3 Å². The zero-order valence-corrected chi connectivity index (χ0v) is 23.1. The van der Waals surface area contributed by atoms with E-state index < -0.39 is 12.1 Å². The molecule has 0 amide bonds. The summed E-state index contributed by atoms with van der Waals surface area (Å²) in [5, 5.41) is 25.4. The quantitative estimate of drug-likeness (QED) is 0.185. The maximum absolute atomic E-state index is 11.2. The molecule has 2 bridgehead atoms. The first-order valence-electron chi connectivity index (χ1n) is 14.1. The molecule has 2 N–H and O–H groups in total. The molecule has 4 heterocycles. The summed E-state index contributed by atoms with van der Waals surface area (Å²) in [5.74, 6) is 1.12. The Bertz CT molecular complexity index is 1750. The highest BCUT2D eigenvalue weighted by Gasteiger charge is 2.42. The summed E-state index contributed by atoms with van der Waals surface area (Å²) in [4.78, 5) is 17.8. The van der Waals surface area contributed by atoms with Gasteiger partial charge in [-0.1, -0.05) is 36.4 Å². The molecule has 6 nitrogen and oxygen atoms in total. The number of rotatable bonds is 5. The number of pyridine rings is 1. The van der Waals surface area contributed by atoms with Gasteiger partial charge in [-0.3, -0.25) is 9.88 Å². The molecule has 6 heteroatoms. The second kappa shape index (κ2) is 11.3. The van der Waals surface area contributed by atoms with Crippen LogP contribution in [0.15, 0.2) is 97.7 Å². The number of aliphatic hydroxyl groups is 1. The lowest BCUT2D eigenvalue weighted by atomic mass is 9.73. The lowest BCUT2D eigenvalue weighted by molar-refractivity contribution is -0.0444. The van der Waals surface area contributed by atoms with Gasteiger partial charge in [-0.15, -0.1) is 6.58 Å². The van der Waals surface area contributed by atoms with Gasteiger partial charge in [-0.25, -0.2) is 4.79 Å². The highest BCUT2D eigenvalue weighted by Crippen LogP contribution is 2.42. The molecule has 0 aliphatic carbocycles. The van der Waals surface area contributed by atoms with Crippen molar-refractivity contribution < 1.29 is 19.7 Å². The van der Waals surface area contributed by atoms with E-state index in [9.17, 15) is 9.90 Å². The van der Waals surface area contributed by atoms with E-state index in [1.165, 1.54) is 11.8 Å². The van der Waals surface area contributed by atoms with E-state index in [1.54, 1.807) is 25.4 Å². The Morgan fingerprint density at radius 2 is 1.78 bits per heavy atom. The minimum absolute atomic E-state index is 0.178. The molecular formula is C35H34N2O4. The number of benzene rings is 4. The Kier molecular flexibility index (Phi) is 7.43. The number of aromatic nitrogens is 1. The molecule has 1 aromatic heterocycles. The van der Waals surface area contributed by atoms with Crippen molar-refractivity contribution in [1.82, 2.24) is 9.88 Å². The summed E-state index contributed by atoms with van der Waals surface area (Å²) in [6.45, 7) is 6.07. The fourth-order valence-electron chi connectivity index (χ4n) is 6.52. The number of nitrogens with zero attached hydrogens (tertiary/aromatic N) is 2. The van der Waals surface area contributed by atoms with Gasteiger partial charge >= 0.3 is 5.97 Å². The van der Waals surface area contributed by atoms with Crippen LogP contribution in [0.3, 0.4) is 0 Å². The van der Waals surface area contributed by atoms with Gasteiger partial charge in [-0.2, -0.15) is 0 Å². The van der Waals surface area contributed by atoms with Gasteiger partial charge in [0.1, 0.15) is 5.75 Å². The van der Waals surface area contributed by atoms with Gasteiger partial charge < -0.3 is 14.9 Å².